The van der Waals surface area contributed by atoms with Crippen LogP contribution in [0, 0.1) is 6.92 Å². The minimum Gasteiger partial charge on any atom is -0.467 e. The van der Waals surface area contributed by atoms with E-state index in [0.717, 1.165) is 11.3 Å². The van der Waals surface area contributed by atoms with Crippen molar-refractivity contribution in [3.05, 3.63) is 65.6 Å². The minimum atomic E-state index is -0.135. The first-order chi connectivity index (χ1) is 9.15. The van der Waals surface area contributed by atoms with Gasteiger partial charge in [-0.05, 0) is 37.6 Å². The van der Waals surface area contributed by atoms with Crippen molar-refractivity contribution in [1.29, 1.82) is 0 Å². The third-order valence-electron chi connectivity index (χ3n) is 2.80. The molecule has 1 aromatic heterocycles. The van der Waals surface area contributed by atoms with E-state index in [1.165, 1.54) is 11.6 Å². The number of benzene rings is 1. The molecule has 1 amide bonds. The van der Waals surface area contributed by atoms with Gasteiger partial charge in [-0.15, -0.1) is 0 Å². The van der Waals surface area contributed by atoms with Gasteiger partial charge in [0.15, 0.2) is 0 Å². The zero-order valence-electron chi connectivity index (χ0n) is 11.1. The standard InChI is InChI=1S/C16H17NO2/c1-12-5-3-6-14(11-12)8-9-16(18)17-13(2)15-7-4-10-19-15/h3-11,13H,1-2H3,(H,17,18)/b9-8+/t13-/m0/s1. The molecule has 3 nitrogen and oxygen atoms in total. The van der Waals surface area contributed by atoms with Gasteiger partial charge in [0.2, 0.25) is 5.91 Å². The molecule has 0 aliphatic carbocycles. The van der Waals surface area contributed by atoms with Crippen LogP contribution in [0.5, 0.6) is 0 Å². The highest BCUT2D eigenvalue weighted by Gasteiger charge is 2.09. The van der Waals surface area contributed by atoms with E-state index in [1.807, 2.05) is 44.2 Å². The van der Waals surface area contributed by atoms with Gasteiger partial charge >= 0.3 is 0 Å². The van der Waals surface area contributed by atoms with Crippen LogP contribution in [0.4, 0.5) is 0 Å². The Morgan fingerprint density at radius 2 is 2.16 bits per heavy atom. The van der Waals surface area contributed by atoms with Crippen LogP contribution in [-0.4, -0.2) is 5.91 Å². The Balaban J connectivity index is 1.94. The molecule has 0 saturated heterocycles. The van der Waals surface area contributed by atoms with Crippen LogP contribution in [0.15, 0.2) is 53.2 Å². The van der Waals surface area contributed by atoms with E-state index in [2.05, 4.69) is 5.32 Å². The zero-order chi connectivity index (χ0) is 13.7. The maximum absolute atomic E-state index is 11.8. The van der Waals surface area contributed by atoms with E-state index in [4.69, 9.17) is 4.42 Å². The number of nitrogens with one attached hydrogen (secondary N) is 1. The Kier molecular flexibility index (Phi) is 4.18. The van der Waals surface area contributed by atoms with Crippen LogP contribution in [0.25, 0.3) is 6.08 Å². The monoisotopic (exact) mass is 255 g/mol. The van der Waals surface area contributed by atoms with Gasteiger partial charge in [-0.2, -0.15) is 0 Å². The predicted molar refractivity (Wildman–Crippen MR) is 75.5 cm³/mol. The lowest BCUT2D eigenvalue weighted by Crippen LogP contribution is -2.24. The van der Waals surface area contributed by atoms with Crippen molar-refractivity contribution in [2.75, 3.05) is 0 Å². The molecule has 98 valence electrons. The van der Waals surface area contributed by atoms with Crippen LogP contribution in [-0.2, 0) is 4.79 Å². The summed E-state index contributed by atoms with van der Waals surface area (Å²) in [6.07, 6.45) is 4.94. The summed E-state index contributed by atoms with van der Waals surface area (Å²) in [4.78, 5) is 11.8. The van der Waals surface area contributed by atoms with Crippen molar-refractivity contribution in [3.8, 4) is 0 Å². The molecule has 0 spiro atoms. The zero-order valence-corrected chi connectivity index (χ0v) is 11.1. The first-order valence-corrected chi connectivity index (χ1v) is 6.24. The molecule has 3 heteroatoms. The highest BCUT2D eigenvalue weighted by atomic mass is 16.3. The van der Waals surface area contributed by atoms with Crippen molar-refractivity contribution >= 4 is 12.0 Å². The van der Waals surface area contributed by atoms with E-state index in [0.29, 0.717) is 0 Å². The molecule has 0 radical (unpaired) electrons. The SMILES string of the molecule is Cc1cccc(/C=C/C(=O)N[C@@H](C)c2ccco2)c1. The summed E-state index contributed by atoms with van der Waals surface area (Å²) < 4.78 is 5.24. The van der Waals surface area contributed by atoms with Gasteiger partial charge in [-0.3, -0.25) is 4.79 Å². The highest BCUT2D eigenvalue weighted by Crippen LogP contribution is 2.12. The number of aryl methyl sites for hydroxylation is 1. The quantitative estimate of drug-likeness (QED) is 0.850. The largest absolute Gasteiger partial charge is 0.467 e. The second kappa shape index (κ2) is 6.05. The summed E-state index contributed by atoms with van der Waals surface area (Å²) >= 11 is 0. The number of carbonyl (C=O) groups excluding carboxylic acids is 1. The lowest BCUT2D eigenvalue weighted by Gasteiger charge is -2.08. The van der Waals surface area contributed by atoms with Gasteiger partial charge < -0.3 is 9.73 Å². The second-order valence-corrected chi connectivity index (χ2v) is 4.49. The fraction of sp³-hybridized carbons (Fsp3) is 0.188. The molecule has 19 heavy (non-hydrogen) atoms. The minimum absolute atomic E-state index is 0.134. The van der Waals surface area contributed by atoms with Gasteiger partial charge in [0, 0.05) is 6.08 Å². The Labute approximate surface area is 112 Å². The van der Waals surface area contributed by atoms with Gasteiger partial charge in [0.25, 0.3) is 0 Å². The van der Waals surface area contributed by atoms with E-state index < -0.39 is 0 Å². The summed E-state index contributed by atoms with van der Waals surface area (Å²) in [5, 5.41) is 2.85. The number of carbonyl (C=O) groups is 1. The molecule has 1 heterocycles. The molecular weight excluding hydrogens is 238 g/mol. The molecule has 2 aromatic rings. The molecule has 0 saturated carbocycles. The lowest BCUT2D eigenvalue weighted by molar-refractivity contribution is -0.117. The topological polar surface area (TPSA) is 42.2 Å². The van der Waals surface area contributed by atoms with Gasteiger partial charge in [0.05, 0.1) is 12.3 Å². The number of amides is 1. The van der Waals surface area contributed by atoms with E-state index in [-0.39, 0.29) is 11.9 Å². The summed E-state index contributed by atoms with van der Waals surface area (Å²) in [6.45, 7) is 3.91. The summed E-state index contributed by atoms with van der Waals surface area (Å²) in [7, 11) is 0. The van der Waals surface area contributed by atoms with E-state index >= 15 is 0 Å². The van der Waals surface area contributed by atoms with Crippen molar-refractivity contribution in [2.45, 2.75) is 19.9 Å². The summed E-state index contributed by atoms with van der Waals surface area (Å²) in [5.74, 6) is 0.614. The third kappa shape index (κ3) is 3.85. The summed E-state index contributed by atoms with van der Waals surface area (Å²) in [6, 6.07) is 11.5. The maximum atomic E-state index is 11.8. The van der Waals surface area contributed by atoms with Crippen molar-refractivity contribution in [3.63, 3.8) is 0 Å². The van der Waals surface area contributed by atoms with Crippen molar-refractivity contribution < 1.29 is 9.21 Å². The lowest BCUT2D eigenvalue weighted by atomic mass is 10.1. The second-order valence-electron chi connectivity index (χ2n) is 4.49. The molecule has 0 fully saturated rings. The van der Waals surface area contributed by atoms with Crippen LogP contribution in [0.2, 0.25) is 0 Å². The maximum Gasteiger partial charge on any atom is 0.244 e. The molecule has 1 aromatic carbocycles. The fourth-order valence-electron chi connectivity index (χ4n) is 1.82. The molecular formula is C16H17NO2. The molecule has 2 rings (SSSR count). The normalized spacial score (nSPS) is 12.5. The number of hydrogen-bond donors (Lipinski definition) is 1. The number of hydrogen-bond acceptors (Lipinski definition) is 2. The summed E-state index contributed by atoms with van der Waals surface area (Å²) in [5.41, 5.74) is 2.19. The first-order valence-electron chi connectivity index (χ1n) is 6.24. The highest BCUT2D eigenvalue weighted by molar-refractivity contribution is 5.91. The smallest absolute Gasteiger partial charge is 0.244 e. The first kappa shape index (κ1) is 13.1. The Hall–Kier alpha value is -2.29. The molecule has 0 aliphatic rings. The Morgan fingerprint density at radius 1 is 1.32 bits per heavy atom. The average Bonchev–Trinajstić information content (AvgIpc) is 2.90. The third-order valence-corrected chi connectivity index (χ3v) is 2.80. The molecule has 1 N–H and O–H groups in total. The van der Waals surface area contributed by atoms with Crippen LogP contribution >= 0.6 is 0 Å². The fourth-order valence-corrected chi connectivity index (χ4v) is 1.82. The Morgan fingerprint density at radius 3 is 2.84 bits per heavy atom. The van der Waals surface area contributed by atoms with E-state index in [9.17, 15) is 4.79 Å². The Bertz CT molecular complexity index is 570. The molecule has 0 aliphatic heterocycles. The molecule has 0 unspecified atom stereocenters. The number of furan rings is 1. The van der Waals surface area contributed by atoms with E-state index in [1.54, 1.807) is 18.4 Å². The van der Waals surface area contributed by atoms with Crippen LogP contribution in [0.1, 0.15) is 29.9 Å². The van der Waals surface area contributed by atoms with Gasteiger partial charge in [0.1, 0.15) is 5.76 Å². The molecule has 0 bridgehead atoms. The van der Waals surface area contributed by atoms with Gasteiger partial charge in [-0.25, -0.2) is 0 Å². The number of rotatable bonds is 4. The van der Waals surface area contributed by atoms with Crippen molar-refractivity contribution in [1.82, 2.24) is 5.32 Å². The predicted octanol–water partition coefficient (Wildman–Crippen LogP) is 3.48. The molecule has 1 atom stereocenters. The average molecular weight is 255 g/mol. The van der Waals surface area contributed by atoms with Crippen LogP contribution < -0.4 is 5.32 Å². The van der Waals surface area contributed by atoms with Crippen molar-refractivity contribution in [2.24, 2.45) is 0 Å². The van der Waals surface area contributed by atoms with Crippen LogP contribution in [0.3, 0.4) is 0 Å². The van der Waals surface area contributed by atoms with Gasteiger partial charge in [-0.1, -0.05) is 29.8 Å².